The number of thiophene rings is 1. The van der Waals surface area contributed by atoms with Gasteiger partial charge in [0, 0.05) is 29.7 Å². The van der Waals surface area contributed by atoms with Crippen LogP contribution in [0.5, 0.6) is 0 Å². The van der Waals surface area contributed by atoms with Gasteiger partial charge in [0.2, 0.25) is 10.0 Å². The molecule has 1 aliphatic rings. The maximum absolute atomic E-state index is 12.4. The van der Waals surface area contributed by atoms with Crippen molar-refractivity contribution in [2.45, 2.75) is 32.7 Å². The summed E-state index contributed by atoms with van der Waals surface area (Å²) in [5, 5.41) is 0. The molecule has 21 heavy (non-hydrogen) atoms. The number of rotatable bonds is 4. The highest BCUT2D eigenvalue weighted by Gasteiger charge is 2.26. The van der Waals surface area contributed by atoms with Gasteiger partial charge >= 0.3 is 0 Å². The van der Waals surface area contributed by atoms with Crippen LogP contribution in [-0.2, 0) is 10.0 Å². The van der Waals surface area contributed by atoms with E-state index in [1.165, 1.54) is 11.3 Å². The largest absolute Gasteiger partial charge is 0.398 e. The van der Waals surface area contributed by atoms with Gasteiger partial charge in [-0.05, 0) is 32.8 Å². The van der Waals surface area contributed by atoms with Crippen molar-refractivity contribution in [2.75, 3.05) is 24.6 Å². The van der Waals surface area contributed by atoms with E-state index in [2.05, 4.69) is 4.72 Å². The number of nitrogens with two attached hydrogens (primary N) is 1. The third-order valence-corrected chi connectivity index (χ3v) is 6.18. The van der Waals surface area contributed by atoms with Crippen LogP contribution in [0.15, 0.2) is 6.07 Å². The van der Waals surface area contributed by atoms with E-state index in [0.717, 1.165) is 4.88 Å². The quantitative estimate of drug-likeness (QED) is 0.866. The fraction of sp³-hybridized carbons (Fsp3) is 0.615. The number of hydrogen-bond donors (Lipinski definition) is 2. The average Bonchev–Trinajstić information content (AvgIpc) is 2.78. The molecule has 0 radical (unpaired) electrons. The van der Waals surface area contributed by atoms with Gasteiger partial charge in [-0.25, -0.2) is 13.1 Å². The molecular formula is C13H21N3O3S2. The molecule has 1 aromatic heterocycles. The molecule has 1 saturated heterocycles. The lowest BCUT2D eigenvalue weighted by atomic mass is 10.1. The van der Waals surface area contributed by atoms with Gasteiger partial charge in [0.25, 0.3) is 5.91 Å². The standard InChI is InChI=1S/C13H21N3O3S2/c1-3-21(18,19)15-10-4-6-16(7-5-10)13(17)12-8-11(14)9(2)20-12/h8,10,15H,3-7,14H2,1-2H3. The number of carbonyl (C=O) groups excluding carboxylic acids is 1. The molecule has 0 bridgehead atoms. The Labute approximate surface area is 129 Å². The second-order valence-corrected chi connectivity index (χ2v) is 8.51. The molecule has 1 fully saturated rings. The first kappa shape index (κ1) is 16.3. The van der Waals surface area contributed by atoms with Crippen molar-refractivity contribution in [3.8, 4) is 0 Å². The molecule has 2 rings (SSSR count). The number of aryl methyl sites for hydroxylation is 1. The van der Waals surface area contributed by atoms with Crippen LogP contribution in [-0.4, -0.2) is 44.1 Å². The molecular weight excluding hydrogens is 310 g/mol. The number of nitrogens with one attached hydrogen (secondary N) is 1. The molecule has 8 heteroatoms. The molecule has 0 aliphatic carbocycles. The van der Waals surface area contributed by atoms with Crippen LogP contribution in [0.2, 0.25) is 0 Å². The SMILES string of the molecule is CCS(=O)(=O)NC1CCN(C(=O)c2cc(N)c(C)s2)CC1. The highest BCUT2D eigenvalue weighted by atomic mass is 32.2. The number of amides is 1. The Morgan fingerprint density at radius 1 is 1.48 bits per heavy atom. The number of nitrogens with zero attached hydrogens (tertiary/aromatic N) is 1. The minimum atomic E-state index is -3.18. The van der Waals surface area contributed by atoms with Gasteiger partial charge in [0.05, 0.1) is 10.6 Å². The lowest BCUT2D eigenvalue weighted by Crippen LogP contribution is -2.46. The zero-order valence-electron chi connectivity index (χ0n) is 12.3. The number of likely N-dealkylation sites (tertiary alicyclic amines) is 1. The number of sulfonamides is 1. The van der Waals surface area contributed by atoms with Crippen molar-refractivity contribution in [3.05, 3.63) is 15.8 Å². The average molecular weight is 331 g/mol. The Hall–Kier alpha value is -1.12. The van der Waals surface area contributed by atoms with E-state index in [0.29, 0.717) is 36.5 Å². The van der Waals surface area contributed by atoms with Crippen LogP contribution in [0.25, 0.3) is 0 Å². The molecule has 1 aromatic rings. The zero-order valence-corrected chi connectivity index (χ0v) is 13.9. The third kappa shape index (κ3) is 3.96. The molecule has 1 amide bonds. The monoisotopic (exact) mass is 331 g/mol. The maximum atomic E-state index is 12.4. The Morgan fingerprint density at radius 3 is 2.57 bits per heavy atom. The summed E-state index contributed by atoms with van der Waals surface area (Å²) in [7, 11) is -3.18. The summed E-state index contributed by atoms with van der Waals surface area (Å²) in [6.45, 7) is 4.63. The van der Waals surface area contributed by atoms with Crippen LogP contribution in [0, 0.1) is 6.92 Å². The van der Waals surface area contributed by atoms with Crippen molar-refractivity contribution in [1.29, 1.82) is 0 Å². The van der Waals surface area contributed by atoms with Gasteiger partial charge in [-0.3, -0.25) is 4.79 Å². The van der Waals surface area contributed by atoms with Gasteiger partial charge in [-0.1, -0.05) is 0 Å². The van der Waals surface area contributed by atoms with Crippen molar-refractivity contribution < 1.29 is 13.2 Å². The number of carbonyl (C=O) groups is 1. The van der Waals surface area contributed by atoms with Crippen LogP contribution < -0.4 is 10.5 Å². The Morgan fingerprint density at radius 2 is 2.10 bits per heavy atom. The molecule has 0 atom stereocenters. The van der Waals surface area contributed by atoms with E-state index >= 15 is 0 Å². The fourth-order valence-electron chi connectivity index (χ4n) is 2.30. The van der Waals surface area contributed by atoms with Gasteiger partial charge in [-0.2, -0.15) is 0 Å². The molecule has 2 heterocycles. The summed E-state index contributed by atoms with van der Waals surface area (Å²) in [6, 6.07) is 1.64. The van der Waals surface area contributed by atoms with E-state index < -0.39 is 10.0 Å². The zero-order chi connectivity index (χ0) is 15.6. The highest BCUT2D eigenvalue weighted by Crippen LogP contribution is 2.25. The molecule has 0 aromatic carbocycles. The van der Waals surface area contributed by atoms with Gasteiger partial charge in [-0.15, -0.1) is 11.3 Å². The summed E-state index contributed by atoms with van der Waals surface area (Å²) < 4.78 is 25.8. The third-order valence-electron chi connectivity index (χ3n) is 3.68. The molecule has 118 valence electrons. The van der Waals surface area contributed by atoms with Crippen LogP contribution in [0.4, 0.5) is 5.69 Å². The number of nitrogen functional groups attached to an aromatic ring is 1. The predicted molar refractivity (Wildman–Crippen MR) is 85.0 cm³/mol. The van der Waals surface area contributed by atoms with Crippen molar-refractivity contribution in [3.63, 3.8) is 0 Å². The number of anilines is 1. The molecule has 6 nitrogen and oxygen atoms in total. The first-order chi connectivity index (χ1) is 9.82. The van der Waals surface area contributed by atoms with E-state index in [1.54, 1.807) is 17.9 Å². The summed E-state index contributed by atoms with van der Waals surface area (Å²) in [5.41, 5.74) is 6.42. The first-order valence-electron chi connectivity index (χ1n) is 6.97. The fourth-order valence-corrected chi connectivity index (χ4v) is 4.11. The number of piperidine rings is 1. The van der Waals surface area contributed by atoms with Gasteiger partial charge < -0.3 is 10.6 Å². The van der Waals surface area contributed by atoms with Crippen molar-refractivity contribution in [2.24, 2.45) is 0 Å². The second-order valence-electron chi connectivity index (χ2n) is 5.21. The lowest BCUT2D eigenvalue weighted by Gasteiger charge is -2.31. The summed E-state index contributed by atoms with van der Waals surface area (Å²) in [6.07, 6.45) is 1.29. The second kappa shape index (κ2) is 6.33. The topological polar surface area (TPSA) is 92.5 Å². The van der Waals surface area contributed by atoms with E-state index in [-0.39, 0.29) is 17.7 Å². The van der Waals surface area contributed by atoms with Crippen LogP contribution >= 0.6 is 11.3 Å². The van der Waals surface area contributed by atoms with Crippen molar-refractivity contribution >= 4 is 33.0 Å². The van der Waals surface area contributed by atoms with Crippen molar-refractivity contribution in [1.82, 2.24) is 9.62 Å². The van der Waals surface area contributed by atoms with Crippen LogP contribution in [0.3, 0.4) is 0 Å². The smallest absolute Gasteiger partial charge is 0.264 e. The first-order valence-corrected chi connectivity index (χ1v) is 9.44. The number of hydrogen-bond acceptors (Lipinski definition) is 5. The minimum absolute atomic E-state index is 0.0170. The molecule has 3 N–H and O–H groups in total. The summed E-state index contributed by atoms with van der Waals surface area (Å²) in [5.74, 6) is 0.0662. The summed E-state index contributed by atoms with van der Waals surface area (Å²) >= 11 is 1.40. The summed E-state index contributed by atoms with van der Waals surface area (Å²) in [4.78, 5) is 15.7. The molecule has 0 unspecified atom stereocenters. The van der Waals surface area contributed by atoms with Crippen LogP contribution in [0.1, 0.15) is 34.3 Å². The van der Waals surface area contributed by atoms with E-state index in [4.69, 9.17) is 5.73 Å². The van der Waals surface area contributed by atoms with Gasteiger partial charge in [0.1, 0.15) is 0 Å². The maximum Gasteiger partial charge on any atom is 0.264 e. The van der Waals surface area contributed by atoms with E-state index in [9.17, 15) is 13.2 Å². The normalized spacial score (nSPS) is 17.1. The highest BCUT2D eigenvalue weighted by molar-refractivity contribution is 7.89. The predicted octanol–water partition coefficient (Wildman–Crippen LogP) is 1.18. The lowest BCUT2D eigenvalue weighted by molar-refractivity contribution is 0.0716. The van der Waals surface area contributed by atoms with Gasteiger partial charge in [0.15, 0.2) is 0 Å². The molecule has 0 spiro atoms. The minimum Gasteiger partial charge on any atom is -0.398 e. The molecule has 1 aliphatic heterocycles. The Bertz CT molecular complexity index is 597. The Balaban J connectivity index is 1.93. The van der Waals surface area contributed by atoms with E-state index in [1.807, 2.05) is 6.92 Å². The molecule has 0 saturated carbocycles. The Kier molecular flexibility index (Phi) is 4.90.